The van der Waals surface area contributed by atoms with Crippen molar-refractivity contribution in [3.8, 4) is 5.75 Å². The van der Waals surface area contributed by atoms with Crippen LogP contribution < -0.4 is 9.88 Å². The third-order valence-electron chi connectivity index (χ3n) is 3.19. The Bertz CT molecular complexity index is 681. The van der Waals surface area contributed by atoms with Crippen LogP contribution in [0.15, 0.2) is 36.5 Å². The van der Waals surface area contributed by atoms with Crippen LogP contribution in [0.25, 0.3) is 10.9 Å². The first kappa shape index (κ1) is 15.7. The Morgan fingerprint density at radius 2 is 1.86 bits per heavy atom. The molecule has 0 spiro atoms. The number of pyridine rings is 1. The first-order valence-electron chi connectivity index (χ1n) is 7.03. The molecule has 6 heteroatoms. The molecule has 114 valence electrons. The fourth-order valence-corrected chi connectivity index (χ4v) is 2.75. The zero-order valence-corrected chi connectivity index (χ0v) is 12.7. The number of unbranched alkanes of at least 4 members (excludes halogenated alkanes) is 3. The van der Waals surface area contributed by atoms with E-state index in [1.165, 1.54) is 0 Å². The molecule has 0 amide bonds. The van der Waals surface area contributed by atoms with Crippen LogP contribution in [0.5, 0.6) is 5.75 Å². The van der Waals surface area contributed by atoms with Gasteiger partial charge < -0.3 is 4.74 Å². The van der Waals surface area contributed by atoms with Crippen molar-refractivity contribution in [2.75, 3.05) is 12.4 Å². The van der Waals surface area contributed by atoms with Gasteiger partial charge in [0.05, 0.1) is 17.9 Å². The molecule has 0 saturated carbocycles. The minimum absolute atomic E-state index is 0.0584. The number of primary sulfonamides is 1. The summed E-state index contributed by atoms with van der Waals surface area (Å²) in [7, 11) is -3.32. The fraction of sp³-hybridized carbons (Fsp3) is 0.400. The quantitative estimate of drug-likeness (QED) is 0.759. The number of nitrogens with two attached hydrogens (primary N) is 1. The van der Waals surface area contributed by atoms with Crippen LogP contribution in [0.2, 0.25) is 0 Å². The highest BCUT2D eigenvalue weighted by atomic mass is 32.2. The van der Waals surface area contributed by atoms with E-state index in [2.05, 4.69) is 4.98 Å². The van der Waals surface area contributed by atoms with Gasteiger partial charge in [-0.15, -0.1) is 0 Å². The zero-order chi connectivity index (χ0) is 15.1. The maximum Gasteiger partial charge on any atom is 0.209 e. The lowest BCUT2D eigenvalue weighted by molar-refractivity contribution is 0.308. The van der Waals surface area contributed by atoms with Gasteiger partial charge in [-0.2, -0.15) is 0 Å². The van der Waals surface area contributed by atoms with Crippen molar-refractivity contribution in [1.82, 2.24) is 4.98 Å². The first-order valence-corrected chi connectivity index (χ1v) is 8.75. The van der Waals surface area contributed by atoms with E-state index < -0.39 is 10.0 Å². The molecule has 0 bridgehead atoms. The molecule has 2 rings (SSSR count). The van der Waals surface area contributed by atoms with Gasteiger partial charge in [-0.25, -0.2) is 13.6 Å². The predicted octanol–water partition coefficient (Wildman–Crippen LogP) is 2.46. The van der Waals surface area contributed by atoms with Crippen molar-refractivity contribution in [3.63, 3.8) is 0 Å². The number of sulfonamides is 1. The topological polar surface area (TPSA) is 82.3 Å². The van der Waals surface area contributed by atoms with Gasteiger partial charge in [0, 0.05) is 11.6 Å². The monoisotopic (exact) mass is 308 g/mol. The molecule has 2 aromatic rings. The van der Waals surface area contributed by atoms with Crippen LogP contribution in [-0.2, 0) is 10.0 Å². The standard InChI is InChI=1S/C15H20N2O3S/c16-21(18,19)12-4-2-1-3-11-20-15-9-5-8-14-13(15)7-6-10-17-14/h5-10H,1-4,11-12H2,(H2,16,18,19). The zero-order valence-electron chi connectivity index (χ0n) is 11.9. The second-order valence-corrected chi connectivity index (χ2v) is 6.69. The van der Waals surface area contributed by atoms with E-state index in [-0.39, 0.29) is 5.75 Å². The number of hydrogen-bond acceptors (Lipinski definition) is 4. The summed E-state index contributed by atoms with van der Waals surface area (Å²) in [6, 6.07) is 9.70. The molecule has 0 saturated heterocycles. The summed E-state index contributed by atoms with van der Waals surface area (Å²) in [5, 5.41) is 5.96. The number of ether oxygens (including phenoxy) is 1. The predicted molar refractivity (Wildman–Crippen MR) is 83.7 cm³/mol. The van der Waals surface area contributed by atoms with E-state index in [4.69, 9.17) is 9.88 Å². The number of rotatable bonds is 8. The van der Waals surface area contributed by atoms with Gasteiger partial charge in [0.1, 0.15) is 5.75 Å². The van der Waals surface area contributed by atoms with Crippen molar-refractivity contribution in [2.45, 2.75) is 25.7 Å². The lowest BCUT2D eigenvalue weighted by atomic mass is 10.2. The summed E-state index contributed by atoms with van der Waals surface area (Å²) in [5.41, 5.74) is 0.920. The first-order chi connectivity index (χ1) is 10.1. The van der Waals surface area contributed by atoms with Crippen LogP contribution in [0.1, 0.15) is 25.7 Å². The van der Waals surface area contributed by atoms with Gasteiger partial charge >= 0.3 is 0 Å². The van der Waals surface area contributed by atoms with Crippen LogP contribution in [0, 0.1) is 0 Å². The Labute approximate surface area is 125 Å². The van der Waals surface area contributed by atoms with Crippen molar-refractivity contribution < 1.29 is 13.2 Å². The Hall–Kier alpha value is -1.66. The Kier molecular flexibility index (Phi) is 5.52. The van der Waals surface area contributed by atoms with Crippen molar-refractivity contribution in [3.05, 3.63) is 36.5 Å². The van der Waals surface area contributed by atoms with E-state index in [1.807, 2.05) is 30.3 Å². The fourth-order valence-electron chi connectivity index (χ4n) is 2.14. The third-order valence-corrected chi connectivity index (χ3v) is 4.04. The summed E-state index contributed by atoms with van der Waals surface area (Å²) in [5.74, 6) is 0.896. The number of fused-ring (bicyclic) bond motifs is 1. The van der Waals surface area contributed by atoms with Crippen molar-refractivity contribution in [1.29, 1.82) is 0 Å². The molecule has 2 N–H and O–H groups in total. The van der Waals surface area contributed by atoms with Crippen LogP contribution in [0.3, 0.4) is 0 Å². The largest absolute Gasteiger partial charge is 0.493 e. The van der Waals surface area contributed by atoms with E-state index in [0.29, 0.717) is 13.0 Å². The van der Waals surface area contributed by atoms with E-state index in [9.17, 15) is 8.42 Å². The summed E-state index contributed by atoms with van der Waals surface area (Å²) in [6.07, 6.45) is 5.03. The number of aromatic nitrogens is 1. The summed E-state index contributed by atoms with van der Waals surface area (Å²) >= 11 is 0. The molecule has 0 aliphatic rings. The smallest absolute Gasteiger partial charge is 0.209 e. The highest BCUT2D eigenvalue weighted by Crippen LogP contribution is 2.23. The molecule has 1 aromatic carbocycles. The van der Waals surface area contributed by atoms with Crippen LogP contribution in [-0.4, -0.2) is 25.8 Å². The maximum absolute atomic E-state index is 10.8. The molecule has 0 atom stereocenters. The summed E-state index contributed by atoms with van der Waals surface area (Å²) in [4.78, 5) is 4.28. The lowest BCUT2D eigenvalue weighted by Crippen LogP contribution is -2.16. The molecule has 0 fully saturated rings. The molecule has 1 aromatic heterocycles. The SMILES string of the molecule is NS(=O)(=O)CCCCCCOc1cccc2ncccc12. The van der Waals surface area contributed by atoms with E-state index in [1.54, 1.807) is 6.20 Å². The van der Waals surface area contributed by atoms with Gasteiger partial charge in [0.2, 0.25) is 10.0 Å². The molecule has 5 nitrogen and oxygen atoms in total. The molecule has 0 aliphatic heterocycles. The molecule has 21 heavy (non-hydrogen) atoms. The Morgan fingerprint density at radius 1 is 1.05 bits per heavy atom. The molecule has 0 unspecified atom stereocenters. The minimum Gasteiger partial charge on any atom is -0.493 e. The number of benzene rings is 1. The number of hydrogen-bond donors (Lipinski definition) is 1. The Morgan fingerprint density at radius 3 is 2.67 bits per heavy atom. The highest BCUT2D eigenvalue weighted by Gasteiger charge is 2.03. The van der Waals surface area contributed by atoms with Gasteiger partial charge in [0.15, 0.2) is 0 Å². The van der Waals surface area contributed by atoms with Crippen molar-refractivity contribution >= 4 is 20.9 Å². The van der Waals surface area contributed by atoms with Gasteiger partial charge in [-0.05, 0) is 37.1 Å². The van der Waals surface area contributed by atoms with Crippen molar-refractivity contribution in [2.24, 2.45) is 5.14 Å². The van der Waals surface area contributed by atoms with Gasteiger partial charge in [-0.1, -0.05) is 18.9 Å². The Balaban J connectivity index is 1.73. The summed E-state index contributed by atoms with van der Waals surface area (Å²) in [6.45, 7) is 0.614. The second kappa shape index (κ2) is 7.38. The van der Waals surface area contributed by atoms with Crippen LogP contribution in [0.4, 0.5) is 0 Å². The number of nitrogens with zero attached hydrogens (tertiary/aromatic N) is 1. The average Bonchev–Trinajstić information content (AvgIpc) is 2.45. The summed E-state index contributed by atoms with van der Waals surface area (Å²) < 4.78 is 27.3. The second-order valence-electron chi connectivity index (χ2n) is 4.96. The maximum atomic E-state index is 10.8. The molecule has 1 heterocycles. The van der Waals surface area contributed by atoms with E-state index in [0.717, 1.165) is 35.9 Å². The molecule has 0 radical (unpaired) electrons. The normalized spacial score (nSPS) is 11.7. The molecular weight excluding hydrogens is 288 g/mol. The third kappa shape index (κ3) is 5.32. The van der Waals surface area contributed by atoms with Gasteiger partial charge in [-0.3, -0.25) is 4.98 Å². The highest BCUT2D eigenvalue weighted by molar-refractivity contribution is 7.89. The molecule has 0 aliphatic carbocycles. The molecular formula is C15H20N2O3S. The van der Waals surface area contributed by atoms with Crippen LogP contribution >= 0.6 is 0 Å². The lowest BCUT2D eigenvalue weighted by Gasteiger charge is -2.08. The average molecular weight is 308 g/mol. The van der Waals surface area contributed by atoms with E-state index >= 15 is 0 Å². The van der Waals surface area contributed by atoms with Gasteiger partial charge in [0.25, 0.3) is 0 Å². The minimum atomic E-state index is -3.32.